The summed E-state index contributed by atoms with van der Waals surface area (Å²) in [7, 11) is 0. The summed E-state index contributed by atoms with van der Waals surface area (Å²) in [5.41, 5.74) is 6.50. The van der Waals surface area contributed by atoms with Crippen LogP contribution in [0.1, 0.15) is 18.2 Å². The number of carbonyl (C=O) groups excluding carboxylic acids is 3. The van der Waals surface area contributed by atoms with Gasteiger partial charge < -0.3 is 25.5 Å². The number of nitrogens with zero attached hydrogens (tertiary/aromatic N) is 1. The van der Waals surface area contributed by atoms with Crippen molar-refractivity contribution in [2.24, 2.45) is 5.73 Å². The van der Waals surface area contributed by atoms with E-state index in [9.17, 15) is 19.5 Å². The number of aliphatic hydroxyl groups is 1. The van der Waals surface area contributed by atoms with E-state index in [4.69, 9.17) is 10.2 Å². The van der Waals surface area contributed by atoms with Crippen molar-refractivity contribution in [1.29, 1.82) is 0 Å². The Kier molecular flexibility index (Phi) is 6.84. The SMILES string of the molecule is CC1(C(N)=O)SCN(C(=O)C(O)[CH]Cc2ccccc2)C1C(=O)NCc1ccco1. The van der Waals surface area contributed by atoms with Gasteiger partial charge in [0.1, 0.15) is 22.7 Å². The third kappa shape index (κ3) is 4.68. The monoisotopic (exact) mass is 430 g/mol. The number of hydrogen-bond donors (Lipinski definition) is 3. The van der Waals surface area contributed by atoms with E-state index in [1.165, 1.54) is 24.5 Å². The van der Waals surface area contributed by atoms with Gasteiger partial charge in [0, 0.05) is 6.42 Å². The van der Waals surface area contributed by atoms with Crippen LogP contribution in [-0.4, -0.2) is 50.5 Å². The van der Waals surface area contributed by atoms with Crippen LogP contribution in [0.2, 0.25) is 0 Å². The van der Waals surface area contributed by atoms with Crippen LogP contribution in [0.3, 0.4) is 0 Å². The van der Waals surface area contributed by atoms with Crippen LogP contribution in [0.25, 0.3) is 0 Å². The molecule has 1 aliphatic heterocycles. The maximum atomic E-state index is 12.9. The average molecular weight is 431 g/mol. The summed E-state index contributed by atoms with van der Waals surface area (Å²) < 4.78 is 3.88. The first kappa shape index (κ1) is 21.9. The van der Waals surface area contributed by atoms with Crippen LogP contribution in [0.5, 0.6) is 0 Å². The Hall–Kier alpha value is -2.78. The van der Waals surface area contributed by atoms with Crippen molar-refractivity contribution in [2.75, 3.05) is 5.88 Å². The molecular formula is C21H24N3O5S. The molecule has 0 aliphatic carbocycles. The fourth-order valence-electron chi connectivity index (χ4n) is 3.26. The molecule has 2 heterocycles. The standard InChI is InChI=1S/C21H24N3O5S/c1-21(20(22)28)17(18(26)23-12-15-8-5-11-29-15)24(13-30-21)19(27)16(25)10-9-14-6-3-2-4-7-14/h2-8,10-11,16-17,25H,9,12-13H2,1H3,(H2,22,28)(H,23,26). The van der Waals surface area contributed by atoms with Gasteiger partial charge in [0.05, 0.1) is 18.7 Å². The number of aliphatic hydroxyl groups excluding tert-OH is 1. The number of hydrogen-bond acceptors (Lipinski definition) is 6. The summed E-state index contributed by atoms with van der Waals surface area (Å²) in [6, 6.07) is 11.6. The van der Waals surface area contributed by atoms with Gasteiger partial charge in [-0.3, -0.25) is 14.4 Å². The van der Waals surface area contributed by atoms with Crippen molar-refractivity contribution >= 4 is 29.5 Å². The molecule has 9 heteroatoms. The molecule has 3 amide bonds. The van der Waals surface area contributed by atoms with Crippen molar-refractivity contribution in [3.05, 3.63) is 66.5 Å². The van der Waals surface area contributed by atoms with Crippen LogP contribution < -0.4 is 11.1 Å². The number of nitrogens with one attached hydrogen (secondary N) is 1. The van der Waals surface area contributed by atoms with Gasteiger partial charge in [0.2, 0.25) is 11.8 Å². The van der Waals surface area contributed by atoms with E-state index in [-0.39, 0.29) is 12.4 Å². The largest absolute Gasteiger partial charge is 0.467 e. The van der Waals surface area contributed by atoms with Gasteiger partial charge in [0.15, 0.2) is 0 Å². The Bertz CT molecular complexity index is 889. The van der Waals surface area contributed by atoms with Gasteiger partial charge in [-0.1, -0.05) is 30.3 Å². The lowest BCUT2D eigenvalue weighted by atomic mass is 9.97. The molecular weight excluding hydrogens is 406 g/mol. The minimum atomic E-state index is -1.42. The highest BCUT2D eigenvalue weighted by atomic mass is 32.2. The maximum Gasteiger partial charge on any atom is 0.253 e. The molecule has 0 bridgehead atoms. The highest BCUT2D eigenvalue weighted by Gasteiger charge is 2.55. The van der Waals surface area contributed by atoms with E-state index < -0.39 is 34.6 Å². The van der Waals surface area contributed by atoms with Gasteiger partial charge in [-0.2, -0.15) is 0 Å². The summed E-state index contributed by atoms with van der Waals surface area (Å²) in [5.74, 6) is -1.30. The fraction of sp³-hybridized carbons (Fsp3) is 0.333. The van der Waals surface area contributed by atoms with Crippen molar-refractivity contribution in [3.63, 3.8) is 0 Å². The lowest BCUT2D eigenvalue weighted by Gasteiger charge is -2.31. The number of primary amides is 1. The second-order valence-electron chi connectivity index (χ2n) is 7.12. The van der Waals surface area contributed by atoms with Crippen LogP contribution in [-0.2, 0) is 27.3 Å². The second-order valence-corrected chi connectivity index (χ2v) is 8.52. The lowest BCUT2D eigenvalue weighted by Crippen LogP contribution is -2.59. The van der Waals surface area contributed by atoms with E-state index in [2.05, 4.69) is 5.32 Å². The van der Waals surface area contributed by atoms with E-state index >= 15 is 0 Å². The Balaban J connectivity index is 1.71. The molecule has 1 aromatic carbocycles. The molecule has 1 aromatic heterocycles. The summed E-state index contributed by atoms with van der Waals surface area (Å²) in [5, 5.41) is 13.1. The van der Waals surface area contributed by atoms with Crippen molar-refractivity contribution in [2.45, 2.75) is 36.8 Å². The predicted octanol–water partition coefficient (Wildman–Crippen LogP) is 0.849. The summed E-state index contributed by atoms with van der Waals surface area (Å²) >= 11 is 1.10. The molecule has 0 spiro atoms. The first-order valence-electron chi connectivity index (χ1n) is 9.42. The second kappa shape index (κ2) is 9.36. The number of rotatable bonds is 8. The fourth-order valence-corrected chi connectivity index (χ4v) is 4.48. The highest BCUT2D eigenvalue weighted by molar-refractivity contribution is 8.01. The van der Waals surface area contributed by atoms with Crippen LogP contribution in [0.15, 0.2) is 53.1 Å². The number of furan rings is 1. The zero-order valence-electron chi connectivity index (χ0n) is 16.5. The number of thioether (sulfide) groups is 1. The minimum Gasteiger partial charge on any atom is -0.467 e. The Labute approximate surface area is 178 Å². The predicted molar refractivity (Wildman–Crippen MR) is 112 cm³/mol. The quantitative estimate of drug-likeness (QED) is 0.570. The third-order valence-corrected chi connectivity index (χ3v) is 6.48. The minimum absolute atomic E-state index is 0.0628. The lowest BCUT2D eigenvalue weighted by molar-refractivity contribution is -0.146. The zero-order chi connectivity index (χ0) is 21.7. The summed E-state index contributed by atoms with van der Waals surface area (Å²) in [6.07, 6.45) is 1.92. The zero-order valence-corrected chi connectivity index (χ0v) is 17.3. The summed E-state index contributed by atoms with van der Waals surface area (Å²) in [6.45, 7) is 1.64. The molecule has 3 unspecified atom stereocenters. The Morgan fingerprint density at radius 1 is 1.33 bits per heavy atom. The molecule has 0 saturated carbocycles. The third-order valence-electron chi connectivity index (χ3n) is 5.05. The molecule has 3 atom stereocenters. The number of benzene rings is 1. The van der Waals surface area contributed by atoms with Crippen molar-refractivity contribution in [3.8, 4) is 0 Å². The van der Waals surface area contributed by atoms with Crippen molar-refractivity contribution < 1.29 is 23.9 Å². The number of amides is 3. The maximum absolute atomic E-state index is 12.9. The molecule has 1 aliphatic rings. The number of carbonyl (C=O) groups is 3. The van der Waals surface area contributed by atoms with Crippen LogP contribution >= 0.6 is 11.8 Å². The molecule has 159 valence electrons. The molecule has 8 nitrogen and oxygen atoms in total. The molecule has 1 fully saturated rings. The molecule has 3 rings (SSSR count). The van der Waals surface area contributed by atoms with Gasteiger partial charge >= 0.3 is 0 Å². The van der Waals surface area contributed by atoms with E-state index in [1.54, 1.807) is 12.1 Å². The Morgan fingerprint density at radius 2 is 2.07 bits per heavy atom. The van der Waals surface area contributed by atoms with Gasteiger partial charge in [-0.15, -0.1) is 11.8 Å². The molecule has 2 aromatic rings. The van der Waals surface area contributed by atoms with E-state index in [0.29, 0.717) is 12.2 Å². The van der Waals surface area contributed by atoms with Crippen LogP contribution in [0, 0.1) is 6.42 Å². The molecule has 4 N–H and O–H groups in total. The molecule has 30 heavy (non-hydrogen) atoms. The Morgan fingerprint density at radius 3 is 2.70 bits per heavy atom. The van der Waals surface area contributed by atoms with Crippen molar-refractivity contribution in [1.82, 2.24) is 10.2 Å². The highest BCUT2D eigenvalue weighted by Crippen LogP contribution is 2.40. The summed E-state index contributed by atoms with van der Waals surface area (Å²) in [4.78, 5) is 39.1. The van der Waals surface area contributed by atoms with E-state index in [1.807, 2.05) is 30.3 Å². The molecule has 1 radical (unpaired) electrons. The van der Waals surface area contributed by atoms with Gasteiger partial charge in [-0.25, -0.2) is 0 Å². The topological polar surface area (TPSA) is 126 Å². The first-order chi connectivity index (χ1) is 14.3. The molecule has 1 saturated heterocycles. The average Bonchev–Trinajstić information content (AvgIpc) is 3.39. The van der Waals surface area contributed by atoms with Gasteiger partial charge in [0.25, 0.3) is 5.91 Å². The smallest absolute Gasteiger partial charge is 0.253 e. The van der Waals surface area contributed by atoms with E-state index in [0.717, 1.165) is 17.3 Å². The first-order valence-corrected chi connectivity index (χ1v) is 10.4. The van der Waals surface area contributed by atoms with Crippen LogP contribution in [0.4, 0.5) is 0 Å². The number of nitrogens with two attached hydrogens (primary N) is 1. The van der Waals surface area contributed by atoms with Gasteiger partial charge in [-0.05, 0) is 31.0 Å². The normalized spacial score (nSPS) is 21.9.